The number of hydrogen-bond acceptors (Lipinski definition) is 15. The predicted molar refractivity (Wildman–Crippen MR) is 390 cm³/mol. The van der Waals surface area contributed by atoms with Crippen LogP contribution in [0.4, 0.5) is 0 Å². The Bertz CT molecular complexity index is 2200. The molecule has 0 heterocycles. The van der Waals surface area contributed by atoms with E-state index in [1.54, 1.807) is 0 Å². The molecule has 0 aromatic heterocycles. The van der Waals surface area contributed by atoms with Gasteiger partial charge in [-0.25, -0.2) is 9.13 Å². The van der Waals surface area contributed by atoms with Crippen LogP contribution >= 0.6 is 15.6 Å². The summed E-state index contributed by atoms with van der Waals surface area (Å²) in [7, 11) is -9.96. The van der Waals surface area contributed by atoms with Crippen LogP contribution in [0.5, 0.6) is 0 Å². The van der Waals surface area contributed by atoms with Crippen molar-refractivity contribution in [1.82, 2.24) is 0 Å². The molecule has 0 saturated carbocycles. The molecule has 0 saturated heterocycles. The number of phosphoric ester groups is 2. The molecule has 0 radical (unpaired) electrons. The molecule has 0 rings (SSSR count). The average molecular weight is 1390 g/mol. The molecule has 5 atom stereocenters. The molecule has 0 bridgehead atoms. The SMILES string of the molecule is CC/C=C\C/C=C\C/C=C\CCCCCCCC(=O)OCC(COP(=O)(O)OCC(O)COP(=O)(O)OCC(COC(=O)CCCCCCC/C=C\C/C=C\CCC)OC(=O)CCCCCCC/C=C\C/C=C\CCC)OC(=O)CCCCCCC/C=C\CCCCCCCC. The molecule has 0 aliphatic carbocycles. The predicted octanol–water partition coefficient (Wildman–Crippen LogP) is 21.2. The molecule has 19 heteroatoms. The molecule has 0 amide bonds. The molecule has 3 N–H and O–H groups in total. The largest absolute Gasteiger partial charge is 0.472 e. The topological polar surface area (TPSA) is 237 Å². The Morgan fingerprint density at radius 3 is 0.885 bits per heavy atom. The van der Waals surface area contributed by atoms with Crippen LogP contribution in [0.1, 0.15) is 310 Å². The van der Waals surface area contributed by atoms with Gasteiger partial charge in [-0.2, -0.15) is 0 Å². The zero-order chi connectivity index (χ0) is 70.4. The van der Waals surface area contributed by atoms with Crippen molar-refractivity contribution in [3.05, 3.63) is 97.2 Å². The van der Waals surface area contributed by atoms with Gasteiger partial charge in [-0.05, 0) is 135 Å². The summed E-state index contributed by atoms with van der Waals surface area (Å²) in [6.45, 7) is 4.58. The van der Waals surface area contributed by atoms with Gasteiger partial charge >= 0.3 is 39.5 Å². The Morgan fingerprint density at radius 1 is 0.302 bits per heavy atom. The highest BCUT2D eigenvalue weighted by Gasteiger charge is 2.30. The van der Waals surface area contributed by atoms with Crippen LogP contribution in [0, 0.1) is 0 Å². The van der Waals surface area contributed by atoms with Gasteiger partial charge in [0.05, 0.1) is 26.4 Å². The number of allylic oxidation sites excluding steroid dienone is 16. The number of rotatable bonds is 70. The summed E-state index contributed by atoms with van der Waals surface area (Å²) >= 11 is 0. The van der Waals surface area contributed by atoms with Crippen molar-refractivity contribution >= 4 is 39.5 Å². The summed E-state index contributed by atoms with van der Waals surface area (Å²) < 4.78 is 68.4. The van der Waals surface area contributed by atoms with Gasteiger partial charge in [0.1, 0.15) is 19.3 Å². The van der Waals surface area contributed by atoms with Crippen LogP contribution < -0.4 is 0 Å². The van der Waals surface area contributed by atoms with E-state index in [1.165, 1.54) is 38.5 Å². The van der Waals surface area contributed by atoms with Crippen LogP contribution in [0.15, 0.2) is 97.2 Å². The van der Waals surface area contributed by atoms with E-state index >= 15 is 0 Å². The van der Waals surface area contributed by atoms with Gasteiger partial charge < -0.3 is 33.8 Å². The summed E-state index contributed by atoms with van der Waals surface area (Å²) in [4.78, 5) is 72.8. The highest BCUT2D eigenvalue weighted by Crippen LogP contribution is 2.45. The Kier molecular flexibility index (Phi) is 66.6. The van der Waals surface area contributed by atoms with Crippen molar-refractivity contribution in [2.45, 2.75) is 329 Å². The number of carbonyl (C=O) groups excluding carboxylic acids is 4. The third kappa shape index (κ3) is 68.5. The van der Waals surface area contributed by atoms with Crippen LogP contribution in [0.3, 0.4) is 0 Å². The summed E-state index contributed by atoms with van der Waals surface area (Å²) in [6, 6.07) is 0. The second-order valence-electron chi connectivity index (χ2n) is 24.8. The number of esters is 4. The maximum absolute atomic E-state index is 13.1. The summed E-state index contributed by atoms with van der Waals surface area (Å²) in [5.41, 5.74) is 0. The number of hydrogen-bond donors (Lipinski definition) is 3. The molecule has 0 aliphatic rings. The first-order valence-electron chi connectivity index (χ1n) is 37.5. The molecular formula is C77H134O17P2. The molecule has 0 fully saturated rings. The monoisotopic (exact) mass is 1390 g/mol. The minimum atomic E-state index is -4.98. The van der Waals surface area contributed by atoms with Crippen molar-refractivity contribution in [3.8, 4) is 0 Å². The lowest BCUT2D eigenvalue weighted by atomic mass is 10.1. The number of unbranched alkanes of at least 4 members (excludes halogenated alkanes) is 28. The number of carbonyl (C=O) groups is 4. The van der Waals surface area contributed by atoms with Crippen LogP contribution in [-0.2, 0) is 65.4 Å². The first kappa shape index (κ1) is 92.0. The molecule has 96 heavy (non-hydrogen) atoms. The lowest BCUT2D eigenvalue weighted by Gasteiger charge is -2.21. The van der Waals surface area contributed by atoms with Crippen molar-refractivity contribution in [3.63, 3.8) is 0 Å². The first-order chi connectivity index (χ1) is 46.7. The maximum atomic E-state index is 13.1. The lowest BCUT2D eigenvalue weighted by molar-refractivity contribution is -0.161. The Morgan fingerprint density at radius 2 is 0.562 bits per heavy atom. The summed E-state index contributed by atoms with van der Waals surface area (Å²) in [6.07, 6.45) is 71.1. The van der Waals surface area contributed by atoms with E-state index in [0.29, 0.717) is 25.7 Å². The van der Waals surface area contributed by atoms with Gasteiger partial charge in [0.25, 0.3) is 0 Å². The standard InChI is InChI=1S/C77H134O17P2/c1-5-9-13-17-21-25-29-33-35-39-42-46-50-54-58-62-75(80)88-68-73(94-77(82)64-60-56-52-48-44-40-36-34-30-26-22-18-14-10-6-2)70-92-96(85,86)90-66-71(78)65-89-95(83,84)91-69-72(93-76(81)63-59-55-51-47-43-38-32-28-24-20-16-12-8-4)67-87-74(79)61-57-53-49-45-41-37-31-27-23-19-15-11-7-3/h9,13,15-16,19-21,25,27-28,31-36,71-73,78H,5-8,10-12,14,17-18,22-24,26,29-30,37-70H2,1-4H3,(H,83,84)(H,85,86)/b13-9-,19-15-,20-16-,25-21-,31-27-,32-28-,35-33-,36-34-. The molecule has 5 unspecified atom stereocenters. The fourth-order valence-corrected chi connectivity index (χ4v) is 11.4. The fourth-order valence-electron chi connectivity index (χ4n) is 9.77. The van der Waals surface area contributed by atoms with Crippen LogP contribution in [0.25, 0.3) is 0 Å². The number of aliphatic hydroxyl groups is 1. The lowest BCUT2D eigenvalue weighted by Crippen LogP contribution is -2.30. The Labute approximate surface area is 582 Å². The molecular weight excluding hydrogens is 1260 g/mol. The second-order valence-corrected chi connectivity index (χ2v) is 27.8. The Balaban J connectivity index is 5.37. The van der Waals surface area contributed by atoms with Crippen molar-refractivity contribution in [1.29, 1.82) is 0 Å². The van der Waals surface area contributed by atoms with E-state index in [0.717, 1.165) is 193 Å². The highest BCUT2D eigenvalue weighted by atomic mass is 31.2. The number of phosphoric acid groups is 2. The normalized spacial score (nSPS) is 14.5. The van der Waals surface area contributed by atoms with E-state index in [2.05, 4.69) is 125 Å². The van der Waals surface area contributed by atoms with Crippen molar-refractivity contribution in [2.75, 3.05) is 39.6 Å². The molecule has 0 aliphatic heterocycles. The number of ether oxygens (including phenoxy) is 4. The molecule has 0 spiro atoms. The van der Waals surface area contributed by atoms with E-state index in [1.807, 2.05) is 0 Å². The minimum absolute atomic E-state index is 0.0752. The van der Waals surface area contributed by atoms with Gasteiger partial charge in [-0.3, -0.25) is 37.3 Å². The second kappa shape index (κ2) is 69.5. The quantitative estimate of drug-likeness (QED) is 0.0169. The summed E-state index contributed by atoms with van der Waals surface area (Å²) in [5, 5.41) is 10.6. The first-order valence-corrected chi connectivity index (χ1v) is 40.5. The van der Waals surface area contributed by atoms with Gasteiger partial charge in [0.15, 0.2) is 12.2 Å². The van der Waals surface area contributed by atoms with Gasteiger partial charge in [-0.15, -0.1) is 0 Å². The molecule has 554 valence electrons. The van der Waals surface area contributed by atoms with E-state index in [4.69, 9.17) is 37.0 Å². The molecule has 0 aromatic carbocycles. The van der Waals surface area contributed by atoms with Gasteiger partial charge in [0.2, 0.25) is 0 Å². The Hall–Kier alpha value is -4.02. The number of aliphatic hydroxyl groups excluding tert-OH is 1. The average Bonchev–Trinajstić information content (AvgIpc) is 1.36. The highest BCUT2D eigenvalue weighted by molar-refractivity contribution is 7.47. The summed E-state index contributed by atoms with van der Waals surface area (Å²) in [5.74, 6) is -2.23. The molecule has 17 nitrogen and oxygen atoms in total. The van der Waals surface area contributed by atoms with E-state index < -0.39 is 97.5 Å². The van der Waals surface area contributed by atoms with Crippen molar-refractivity contribution in [2.24, 2.45) is 0 Å². The fraction of sp³-hybridized carbons (Fsp3) is 0.740. The zero-order valence-electron chi connectivity index (χ0n) is 60.3. The third-order valence-corrected chi connectivity index (χ3v) is 17.4. The third-order valence-electron chi connectivity index (χ3n) is 15.5. The van der Waals surface area contributed by atoms with Crippen molar-refractivity contribution < 1.29 is 80.2 Å². The van der Waals surface area contributed by atoms with Gasteiger partial charge in [-0.1, -0.05) is 247 Å². The molecule has 0 aromatic rings. The zero-order valence-corrected chi connectivity index (χ0v) is 62.1. The van der Waals surface area contributed by atoms with Gasteiger partial charge in [0, 0.05) is 25.7 Å². The van der Waals surface area contributed by atoms with E-state index in [-0.39, 0.29) is 25.7 Å². The maximum Gasteiger partial charge on any atom is 0.472 e. The minimum Gasteiger partial charge on any atom is -0.462 e. The smallest absolute Gasteiger partial charge is 0.462 e. The van der Waals surface area contributed by atoms with E-state index in [9.17, 15) is 43.2 Å². The van der Waals surface area contributed by atoms with Crippen LogP contribution in [0.2, 0.25) is 0 Å². The van der Waals surface area contributed by atoms with Crippen LogP contribution in [-0.4, -0.2) is 96.7 Å².